The topological polar surface area (TPSA) is 146 Å². The van der Waals surface area contributed by atoms with Crippen LogP contribution in [0.2, 0.25) is 0 Å². The standard InChI is InChI=1S/C68H34N12/c1-72-49-33-47(39-70)63(48(34-49)40-71)44-24-27-59-52(35-44)50-19-10-12-21-57(50)79(59)61-29-26-46(68-77-66(42-15-6-4-7-16-42)76-67(78-68)43-17-8-5-9-18-43)37-54(61)65-62(23-14-30-75-65)80-58-22-13-11-20-51(58)53-36-45(25-28-60(53)80)64-55(73-2)31-41(38-69)32-56(64)74-3/h4-37H. The summed E-state index contributed by atoms with van der Waals surface area (Å²) in [6.07, 6.45) is 1.78. The molecular formula is C68H34N12. The number of pyridine rings is 1. The van der Waals surface area contributed by atoms with Crippen LogP contribution in [0.3, 0.4) is 0 Å². The van der Waals surface area contributed by atoms with Gasteiger partial charge in [0.2, 0.25) is 0 Å². The quantitative estimate of drug-likeness (QED) is 0.138. The number of para-hydroxylation sites is 2. The number of hydrogen-bond donors (Lipinski definition) is 0. The summed E-state index contributed by atoms with van der Waals surface area (Å²) in [5.74, 6) is 1.47. The minimum Gasteiger partial charge on any atom is -0.309 e. The summed E-state index contributed by atoms with van der Waals surface area (Å²) < 4.78 is 4.40. The second-order valence-corrected chi connectivity index (χ2v) is 18.8. The van der Waals surface area contributed by atoms with Crippen molar-refractivity contribution in [3.8, 4) is 97.3 Å². The van der Waals surface area contributed by atoms with E-state index in [0.717, 1.165) is 71.7 Å². The lowest BCUT2D eigenvalue weighted by atomic mass is 9.93. The Morgan fingerprint density at radius 2 is 0.875 bits per heavy atom. The lowest BCUT2D eigenvalue weighted by Crippen LogP contribution is -2.04. The lowest BCUT2D eigenvalue weighted by molar-refractivity contribution is 1.07. The fourth-order valence-corrected chi connectivity index (χ4v) is 10.9. The van der Waals surface area contributed by atoms with Crippen molar-refractivity contribution in [3.05, 3.63) is 257 Å². The number of rotatable bonds is 8. The van der Waals surface area contributed by atoms with E-state index in [1.807, 2.05) is 140 Å². The van der Waals surface area contributed by atoms with Crippen LogP contribution in [0.25, 0.3) is 137 Å². The van der Waals surface area contributed by atoms with Crippen LogP contribution < -0.4 is 0 Å². The first-order valence-corrected chi connectivity index (χ1v) is 25.1. The summed E-state index contributed by atoms with van der Waals surface area (Å²) in [7, 11) is 0. The number of fused-ring (bicyclic) bond motifs is 6. The Balaban J connectivity index is 1.09. The van der Waals surface area contributed by atoms with E-state index in [2.05, 4.69) is 78.3 Å². The molecule has 0 fully saturated rings. The van der Waals surface area contributed by atoms with Gasteiger partial charge in [0.25, 0.3) is 0 Å². The van der Waals surface area contributed by atoms with Crippen molar-refractivity contribution < 1.29 is 0 Å². The number of aromatic nitrogens is 6. The van der Waals surface area contributed by atoms with Crippen molar-refractivity contribution in [2.24, 2.45) is 0 Å². The first-order chi connectivity index (χ1) is 39.4. The molecule has 4 aromatic heterocycles. The molecule has 366 valence electrons. The monoisotopic (exact) mass is 1020 g/mol. The van der Waals surface area contributed by atoms with Crippen LogP contribution in [0, 0.1) is 53.7 Å². The first-order valence-electron chi connectivity index (χ1n) is 25.1. The molecule has 13 aromatic rings. The molecule has 0 N–H and O–H groups in total. The molecule has 0 aliphatic carbocycles. The molecule has 12 heteroatoms. The van der Waals surface area contributed by atoms with Crippen molar-refractivity contribution >= 4 is 60.7 Å². The Bertz CT molecular complexity index is 4900. The van der Waals surface area contributed by atoms with E-state index in [4.69, 9.17) is 39.7 Å². The maximum atomic E-state index is 10.4. The Labute approximate surface area is 458 Å². The van der Waals surface area contributed by atoms with E-state index in [-0.39, 0.29) is 33.8 Å². The van der Waals surface area contributed by atoms with Gasteiger partial charge in [0.1, 0.15) is 0 Å². The van der Waals surface area contributed by atoms with Crippen LogP contribution in [-0.4, -0.2) is 29.1 Å². The van der Waals surface area contributed by atoms with Gasteiger partial charge < -0.3 is 9.13 Å². The predicted octanol–water partition coefficient (Wildman–Crippen LogP) is 16.7. The molecule has 0 atom stereocenters. The van der Waals surface area contributed by atoms with Crippen molar-refractivity contribution in [1.82, 2.24) is 29.1 Å². The smallest absolute Gasteiger partial charge is 0.189 e. The number of nitrogens with zero attached hydrogens (tertiary/aromatic N) is 12. The lowest BCUT2D eigenvalue weighted by Gasteiger charge is -2.19. The number of benzene rings is 9. The van der Waals surface area contributed by atoms with Gasteiger partial charge in [0, 0.05) is 61.1 Å². The second-order valence-electron chi connectivity index (χ2n) is 18.8. The Kier molecular flexibility index (Phi) is 11.5. The van der Waals surface area contributed by atoms with E-state index in [1.165, 1.54) is 24.3 Å². The zero-order valence-corrected chi connectivity index (χ0v) is 42.0. The molecule has 4 heterocycles. The molecular weight excluding hydrogens is 985 g/mol. The summed E-state index contributed by atoms with van der Waals surface area (Å²) in [4.78, 5) is 31.7. The number of nitriles is 3. The Morgan fingerprint density at radius 3 is 1.40 bits per heavy atom. The molecule has 0 amide bonds. The summed E-state index contributed by atoms with van der Waals surface area (Å²) in [5.41, 5.74) is 12.4. The molecule has 9 aromatic carbocycles. The van der Waals surface area contributed by atoms with Gasteiger partial charge in [-0.1, -0.05) is 109 Å². The van der Waals surface area contributed by atoms with Crippen LogP contribution >= 0.6 is 0 Å². The molecule has 13 rings (SSSR count). The zero-order chi connectivity index (χ0) is 54.4. The predicted molar refractivity (Wildman–Crippen MR) is 312 cm³/mol. The summed E-state index contributed by atoms with van der Waals surface area (Å²) in [6.45, 7) is 23.8. The van der Waals surface area contributed by atoms with Crippen LogP contribution in [-0.2, 0) is 0 Å². The molecule has 0 saturated heterocycles. The number of hydrogen-bond acceptors (Lipinski definition) is 7. The summed E-state index contributed by atoms with van der Waals surface area (Å²) in [5, 5.41) is 34.1. The third-order valence-electron chi connectivity index (χ3n) is 14.4. The van der Waals surface area contributed by atoms with Crippen LogP contribution in [0.15, 0.2) is 206 Å². The maximum absolute atomic E-state index is 10.4. The molecule has 12 nitrogen and oxygen atoms in total. The van der Waals surface area contributed by atoms with Crippen molar-refractivity contribution in [2.75, 3.05) is 0 Å². The van der Waals surface area contributed by atoms with Crippen LogP contribution in [0.4, 0.5) is 17.1 Å². The Hall–Kier alpha value is -12.3. The second kappa shape index (κ2) is 19.4. The van der Waals surface area contributed by atoms with Gasteiger partial charge in [0.05, 0.1) is 88.2 Å². The normalized spacial score (nSPS) is 10.9. The van der Waals surface area contributed by atoms with Crippen LogP contribution in [0.1, 0.15) is 16.7 Å². The van der Waals surface area contributed by atoms with E-state index >= 15 is 0 Å². The van der Waals surface area contributed by atoms with E-state index in [0.29, 0.717) is 51.0 Å². The highest BCUT2D eigenvalue weighted by Crippen LogP contribution is 2.46. The van der Waals surface area contributed by atoms with Gasteiger partial charge in [-0.15, -0.1) is 0 Å². The fraction of sp³-hybridized carbons (Fsp3) is 0. The maximum Gasteiger partial charge on any atom is 0.189 e. The van der Waals surface area contributed by atoms with Gasteiger partial charge in [0.15, 0.2) is 34.5 Å². The largest absolute Gasteiger partial charge is 0.309 e. The van der Waals surface area contributed by atoms with Crippen molar-refractivity contribution in [2.45, 2.75) is 0 Å². The first kappa shape index (κ1) is 47.4. The third-order valence-corrected chi connectivity index (χ3v) is 14.4. The highest BCUT2D eigenvalue weighted by atomic mass is 15.0. The van der Waals surface area contributed by atoms with Crippen LogP contribution in [0.5, 0.6) is 0 Å². The van der Waals surface area contributed by atoms with Gasteiger partial charge in [-0.2, -0.15) is 15.8 Å². The van der Waals surface area contributed by atoms with Gasteiger partial charge in [-0.3, -0.25) is 4.98 Å². The molecule has 0 aliphatic heterocycles. The molecule has 0 saturated carbocycles. The van der Waals surface area contributed by atoms with E-state index in [9.17, 15) is 15.8 Å². The van der Waals surface area contributed by atoms with E-state index in [1.54, 1.807) is 6.20 Å². The van der Waals surface area contributed by atoms with Gasteiger partial charge >= 0.3 is 0 Å². The van der Waals surface area contributed by atoms with Gasteiger partial charge in [-0.25, -0.2) is 29.5 Å². The Morgan fingerprint density at radius 1 is 0.388 bits per heavy atom. The molecule has 0 spiro atoms. The fourth-order valence-electron chi connectivity index (χ4n) is 10.9. The molecule has 0 unspecified atom stereocenters. The van der Waals surface area contributed by atoms with Crippen molar-refractivity contribution in [3.63, 3.8) is 0 Å². The minimum atomic E-state index is 0.216. The highest BCUT2D eigenvalue weighted by Gasteiger charge is 2.25. The van der Waals surface area contributed by atoms with Gasteiger partial charge in [-0.05, 0) is 108 Å². The SMILES string of the molecule is [C-]#[N+]c1cc(C#N)c(-c2ccc3c(c2)c2ccccc2n3-c2ccc(-c3nc(-c4ccccc4)nc(-c4ccccc4)n3)cc2-c2ncccc2-n2c3ccccc3c3cc(-c4c([N+]#[C-])cc(C#N)cc4[N+]#[C-])ccc32)c(C#N)c1. The summed E-state index contributed by atoms with van der Waals surface area (Å²) >= 11 is 0. The average molecular weight is 1020 g/mol. The third kappa shape index (κ3) is 7.80. The molecule has 0 aliphatic rings. The average Bonchev–Trinajstić information content (AvgIpc) is 4.06. The zero-order valence-electron chi connectivity index (χ0n) is 42.0. The molecule has 0 bridgehead atoms. The van der Waals surface area contributed by atoms with E-state index < -0.39 is 0 Å². The summed E-state index contributed by atoms with van der Waals surface area (Å²) in [6, 6.07) is 70.6. The van der Waals surface area contributed by atoms with Crippen molar-refractivity contribution in [1.29, 1.82) is 15.8 Å². The minimum absolute atomic E-state index is 0.216. The highest BCUT2D eigenvalue weighted by molar-refractivity contribution is 6.13. The molecule has 0 radical (unpaired) electrons. The molecule has 80 heavy (non-hydrogen) atoms.